The highest BCUT2D eigenvalue weighted by molar-refractivity contribution is 6.42. The first-order chi connectivity index (χ1) is 9.48. The fourth-order valence-electron chi connectivity index (χ4n) is 2.26. The van der Waals surface area contributed by atoms with Crippen LogP contribution in [0.3, 0.4) is 0 Å². The normalized spacial score (nSPS) is 23.4. The topological polar surface area (TPSA) is 70.0 Å². The smallest absolute Gasteiger partial charge is 0.407 e. The number of halogens is 2. The first kappa shape index (κ1) is 15.4. The molecule has 0 spiro atoms. The van der Waals surface area contributed by atoms with Gasteiger partial charge in [-0.15, -0.1) is 0 Å². The Hall–Kier alpha value is -1.01. The molecule has 2 N–H and O–H groups in total. The van der Waals surface area contributed by atoms with Crippen LogP contribution >= 0.6 is 23.2 Å². The number of hydrogen-bond acceptors (Lipinski definition) is 3. The van der Waals surface area contributed by atoms with Gasteiger partial charge < -0.3 is 19.8 Å². The lowest BCUT2D eigenvalue weighted by atomic mass is 9.94. The third-order valence-electron chi connectivity index (χ3n) is 3.37. The molecule has 1 heterocycles. The van der Waals surface area contributed by atoms with Crippen LogP contribution in [-0.4, -0.2) is 47.5 Å². The molecule has 1 fully saturated rings. The summed E-state index contributed by atoms with van der Waals surface area (Å²) in [5.74, 6) is 0. The Labute approximate surface area is 126 Å². The van der Waals surface area contributed by atoms with Crippen LogP contribution in [0.1, 0.15) is 12.0 Å². The summed E-state index contributed by atoms with van der Waals surface area (Å²) in [5, 5.41) is 19.7. The molecule has 0 aliphatic carbocycles. The Kier molecular flexibility index (Phi) is 4.75. The van der Waals surface area contributed by atoms with Gasteiger partial charge in [-0.3, -0.25) is 0 Å². The van der Waals surface area contributed by atoms with Gasteiger partial charge in [0, 0.05) is 13.2 Å². The van der Waals surface area contributed by atoms with E-state index in [1.165, 1.54) is 4.90 Å². The van der Waals surface area contributed by atoms with Crippen molar-refractivity contribution >= 4 is 29.3 Å². The number of carbonyl (C=O) groups is 1. The van der Waals surface area contributed by atoms with E-state index in [-0.39, 0.29) is 13.2 Å². The number of benzene rings is 1. The second-order valence-corrected chi connectivity index (χ2v) is 5.50. The predicted molar refractivity (Wildman–Crippen MR) is 75.4 cm³/mol. The average Bonchev–Trinajstić information content (AvgIpc) is 2.65. The zero-order valence-electron chi connectivity index (χ0n) is 10.7. The van der Waals surface area contributed by atoms with E-state index >= 15 is 0 Å². The molecule has 2 rings (SSSR count). The summed E-state index contributed by atoms with van der Waals surface area (Å²) in [6, 6.07) is 4.90. The lowest BCUT2D eigenvalue weighted by Gasteiger charge is -2.34. The molecule has 0 bridgehead atoms. The Balaban J connectivity index is 2.39. The van der Waals surface area contributed by atoms with Crippen molar-refractivity contribution < 1.29 is 19.7 Å². The van der Waals surface area contributed by atoms with Crippen LogP contribution in [0.2, 0.25) is 10.0 Å². The van der Waals surface area contributed by atoms with Crippen LogP contribution in [0.4, 0.5) is 4.79 Å². The fraction of sp³-hybridized carbons (Fsp3) is 0.462. The highest BCUT2D eigenvalue weighted by Crippen LogP contribution is 2.33. The van der Waals surface area contributed by atoms with Gasteiger partial charge in [0.15, 0.2) is 0 Å². The number of hydrogen-bond donors (Lipinski definition) is 2. The van der Waals surface area contributed by atoms with Gasteiger partial charge in [0.2, 0.25) is 0 Å². The molecule has 0 aromatic heterocycles. The van der Waals surface area contributed by atoms with E-state index in [4.69, 9.17) is 27.9 Å². The summed E-state index contributed by atoms with van der Waals surface area (Å²) < 4.78 is 5.74. The van der Waals surface area contributed by atoms with Gasteiger partial charge in [-0.05, 0) is 24.1 Å². The zero-order chi connectivity index (χ0) is 14.8. The molecule has 1 aliphatic heterocycles. The second kappa shape index (κ2) is 6.18. The van der Waals surface area contributed by atoms with Crippen LogP contribution in [0.15, 0.2) is 18.2 Å². The van der Waals surface area contributed by atoms with E-state index < -0.39 is 11.7 Å². The van der Waals surface area contributed by atoms with Gasteiger partial charge in [-0.1, -0.05) is 29.3 Å². The molecule has 7 heteroatoms. The lowest BCUT2D eigenvalue weighted by Crippen LogP contribution is -2.45. The van der Waals surface area contributed by atoms with Crippen molar-refractivity contribution in [3.05, 3.63) is 33.8 Å². The quantitative estimate of drug-likeness (QED) is 0.879. The number of aliphatic hydroxyl groups excluding tert-OH is 1. The van der Waals surface area contributed by atoms with E-state index in [2.05, 4.69) is 0 Å². The number of carboxylic acid groups (broad SMARTS) is 1. The zero-order valence-corrected chi connectivity index (χ0v) is 12.2. The molecule has 0 radical (unpaired) electrons. The number of ether oxygens (including phenoxy) is 1. The third-order valence-corrected chi connectivity index (χ3v) is 4.11. The SMILES string of the molecule is O=C(O)N1CCCO[C@@](CO)(c2ccc(Cl)c(Cl)c2)C1. The minimum absolute atomic E-state index is 0.0524. The van der Waals surface area contributed by atoms with Gasteiger partial charge in [-0.2, -0.15) is 0 Å². The van der Waals surface area contributed by atoms with Gasteiger partial charge in [0.25, 0.3) is 0 Å². The minimum Gasteiger partial charge on any atom is -0.465 e. The molecule has 5 nitrogen and oxygen atoms in total. The highest BCUT2D eigenvalue weighted by atomic mass is 35.5. The summed E-state index contributed by atoms with van der Waals surface area (Å²) in [6.45, 7) is 0.453. The van der Waals surface area contributed by atoms with Gasteiger partial charge in [-0.25, -0.2) is 4.79 Å². The maximum atomic E-state index is 11.2. The molecule has 110 valence electrons. The lowest BCUT2D eigenvalue weighted by molar-refractivity contribution is -0.0837. The van der Waals surface area contributed by atoms with E-state index in [0.29, 0.717) is 35.2 Å². The number of amides is 1. The Morgan fingerprint density at radius 3 is 2.75 bits per heavy atom. The van der Waals surface area contributed by atoms with E-state index in [1.54, 1.807) is 18.2 Å². The summed E-state index contributed by atoms with van der Waals surface area (Å²) in [6.07, 6.45) is -0.455. The Bertz CT molecular complexity index is 511. The van der Waals surface area contributed by atoms with Crippen molar-refractivity contribution in [3.8, 4) is 0 Å². The van der Waals surface area contributed by atoms with Crippen molar-refractivity contribution in [2.75, 3.05) is 26.3 Å². The largest absolute Gasteiger partial charge is 0.465 e. The molecule has 0 unspecified atom stereocenters. The van der Waals surface area contributed by atoms with Gasteiger partial charge in [0.1, 0.15) is 5.60 Å². The molecule has 1 saturated heterocycles. The van der Waals surface area contributed by atoms with Crippen molar-refractivity contribution in [2.45, 2.75) is 12.0 Å². The monoisotopic (exact) mass is 319 g/mol. The van der Waals surface area contributed by atoms with Crippen molar-refractivity contribution in [1.82, 2.24) is 4.90 Å². The van der Waals surface area contributed by atoms with Crippen molar-refractivity contribution in [3.63, 3.8) is 0 Å². The second-order valence-electron chi connectivity index (χ2n) is 4.69. The molecule has 1 aromatic carbocycles. The first-order valence-electron chi connectivity index (χ1n) is 6.17. The van der Waals surface area contributed by atoms with Gasteiger partial charge >= 0.3 is 6.09 Å². The fourth-order valence-corrected chi connectivity index (χ4v) is 2.56. The molecule has 1 atom stereocenters. The summed E-state index contributed by atoms with van der Waals surface area (Å²) in [5.41, 5.74) is -0.495. The van der Waals surface area contributed by atoms with Crippen LogP contribution < -0.4 is 0 Å². The van der Waals surface area contributed by atoms with Crippen LogP contribution in [-0.2, 0) is 10.3 Å². The Morgan fingerprint density at radius 2 is 2.15 bits per heavy atom. The number of nitrogens with zero attached hydrogens (tertiary/aromatic N) is 1. The number of rotatable bonds is 2. The average molecular weight is 320 g/mol. The standard InChI is InChI=1S/C13H15Cl2NO4/c14-10-3-2-9(6-11(10)15)13(8-17)7-16(12(18)19)4-1-5-20-13/h2-3,6,17H,1,4-5,7-8H2,(H,18,19)/t13-/m0/s1. The van der Waals surface area contributed by atoms with Crippen LogP contribution in [0, 0.1) is 0 Å². The molecule has 1 aliphatic rings. The van der Waals surface area contributed by atoms with Gasteiger partial charge in [0.05, 0.1) is 23.2 Å². The molecule has 1 aromatic rings. The molecule has 1 amide bonds. The maximum absolute atomic E-state index is 11.2. The summed E-state index contributed by atoms with van der Waals surface area (Å²) >= 11 is 11.9. The summed E-state index contributed by atoms with van der Waals surface area (Å²) in [4.78, 5) is 12.4. The molecular formula is C13H15Cl2NO4. The number of aliphatic hydroxyl groups is 1. The first-order valence-corrected chi connectivity index (χ1v) is 6.92. The maximum Gasteiger partial charge on any atom is 0.407 e. The van der Waals surface area contributed by atoms with Crippen molar-refractivity contribution in [1.29, 1.82) is 0 Å². The van der Waals surface area contributed by atoms with E-state index in [0.717, 1.165) is 0 Å². The Morgan fingerprint density at radius 1 is 1.40 bits per heavy atom. The summed E-state index contributed by atoms with van der Waals surface area (Å²) in [7, 11) is 0. The predicted octanol–water partition coefficient (Wildman–Crippen LogP) is 2.58. The van der Waals surface area contributed by atoms with E-state index in [1.807, 2.05) is 0 Å². The van der Waals surface area contributed by atoms with E-state index in [9.17, 15) is 15.0 Å². The highest BCUT2D eigenvalue weighted by Gasteiger charge is 2.38. The van der Waals surface area contributed by atoms with Crippen molar-refractivity contribution in [2.24, 2.45) is 0 Å². The molecule has 0 saturated carbocycles. The van der Waals surface area contributed by atoms with Crippen LogP contribution in [0.25, 0.3) is 0 Å². The third kappa shape index (κ3) is 3.01. The molecule has 20 heavy (non-hydrogen) atoms. The minimum atomic E-state index is -1.11. The van der Waals surface area contributed by atoms with Crippen LogP contribution in [0.5, 0.6) is 0 Å². The molecular weight excluding hydrogens is 305 g/mol.